The van der Waals surface area contributed by atoms with Gasteiger partial charge in [-0.3, -0.25) is 23.2 Å². The van der Waals surface area contributed by atoms with E-state index in [9.17, 15) is 29.2 Å². The van der Waals surface area contributed by atoms with Crippen molar-refractivity contribution in [3.05, 3.63) is 244 Å². The van der Waals surface area contributed by atoms with E-state index in [2.05, 4.69) is 127 Å². The quantitative estimate of drug-likeness (QED) is 0.107. The minimum atomic E-state index is -0.553. The number of piperazine rings is 4. The SMILES string of the molecule is CC(C)(C)OC(=O)N1CCN(C(=O)c2ccc(-c3ccc4ncc(-c5ccc(C#N)cc5)n4c3)cc2N2CCCCC2)CC1.CC(C)(C)OC(=O)N1CCN(C(=O)c2ccc(Br)cc2C2CCCCC2)CC1.CC1(C)OB(c2ccc3ncc(-c4ccc(C#N)cc4)n3c2)OC1(C)C.N#Cc1ccc(-c2cnc3ccc(-c4ccc(C(=O)N5CCNCC5)c(N5CCNCC5)c4)cn23)cc1. The van der Waals surface area contributed by atoms with Gasteiger partial charge in [0.05, 0.1) is 104 Å². The number of hydrogen-bond acceptors (Lipinski definition) is 19. The lowest BCUT2D eigenvalue weighted by atomic mass is 9.80. The van der Waals surface area contributed by atoms with Crippen molar-refractivity contribution in [1.82, 2.24) is 63.3 Å². The number of imidazole rings is 3. The van der Waals surface area contributed by atoms with Crippen molar-refractivity contribution >= 4 is 86.7 Å². The van der Waals surface area contributed by atoms with Crippen LogP contribution in [0, 0.1) is 34.0 Å². The monoisotopic (exact) mass is 1880 g/mol. The number of nitriles is 3. The van der Waals surface area contributed by atoms with Gasteiger partial charge in [-0.15, -0.1) is 0 Å². The van der Waals surface area contributed by atoms with Crippen molar-refractivity contribution in [3.8, 4) is 74.2 Å². The summed E-state index contributed by atoms with van der Waals surface area (Å²) in [6, 6.07) is 59.6. The third kappa shape index (κ3) is 22.2. The number of nitrogens with one attached hydrogen (secondary N) is 2. The van der Waals surface area contributed by atoms with Gasteiger partial charge in [0.2, 0.25) is 0 Å². The molecule has 2 N–H and O–H groups in total. The highest BCUT2D eigenvalue weighted by Gasteiger charge is 2.52. The maximum atomic E-state index is 13.9. The molecule has 0 bridgehead atoms. The van der Waals surface area contributed by atoms with Crippen LogP contribution in [0.1, 0.15) is 180 Å². The van der Waals surface area contributed by atoms with Crippen LogP contribution in [0.15, 0.2) is 205 Å². The highest BCUT2D eigenvalue weighted by molar-refractivity contribution is 9.10. The van der Waals surface area contributed by atoms with Crippen LogP contribution in [0.4, 0.5) is 21.0 Å². The van der Waals surface area contributed by atoms with Crippen molar-refractivity contribution in [2.24, 2.45) is 0 Å². The van der Waals surface area contributed by atoms with Crippen LogP contribution in [-0.4, -0.2) is 230 Å². The van der Waals surface area contributed by atoms with E-state index < -0.39 is 18.3 Å². The molecule has 5 amide bonds. The molecule has 6 aromatic heterocycles. The Hall–Kier alpha value is -13.2. The predicted octanol–water partition coefficient (Wildman–Crippen LogP) is 17.6. The third-order valence-corrected chi connectivity index (χ3v) is 26.9. The molecule has 6 aromatic carbocycles. The van der Waals surface area contributed by atoms with Gasteiger partial charge >= 0.3 is 19.3 Å². The number of nitrogens with zero attached hydrogens (tertiary/aromatic N) is 16. The third-order valence-electron chi connectivity index (χ3n) is 26.4. The van der Waals surface area contributed by atoms with Gasteiger partial charge in [-0.2, -0.15) is 15.8 Å². The lowest BCUT2D eigenvalue weighted by molar-refractivity contribution is 0.00578. The summed E-state index contributed by atoms with van der Waals surface area (Å²) >= 11 is 3.57. The highest BCUT2D eigenvalue weighted by atomic mass is 79.9. The zero-order valence-corrected chi connectivity index (χ0v) is 80.4. The Morgan fingerprint density at radius 2 is 0.748 bits per heavy atom. The zero-order chi connectivity index (χ0) is 94.9. The molecule has 19 rings (SSSR count). The number of hydrogen-bond donors (Lipinski definition) is 2. The van der Waals surface area contributed by atoms with E-state index in [4.69, 9.17) is 29.3 Å². The largest absolute Gasteiger partial charge is 0.496 e. The second-order valence-electron chi connectivity index (χ2n) is 38.4. The molecule has 0 spiro atoms. The van der Waals surface area contributed by atoms with Crippen LogP contribution >= 0.6 is 15.9 Å². The lowest BCUT2D eigenvalue weighted by Gasteiger charge is -2.37. The van der Waals surface area contributed by atoms with Crippen LogP contribution in [0.3, 0.4) is 0 Å². The number of pyridine rings is 3. The van der Waals surface area contributed by atoms with Crippen molar-refractivity contribution in [1.29, 1.82) is 15.8 Å². The Balaban J connectivity index is 0.000000134. The average molecular weight is 1880 g/mol. The minimum Gasteiger partial charge on any atom is -0.444 e. The van der Waals surface area contributed by atoms with E-state index in [0.717, 1.165) is 197 Å². The molecule has 7 fully saturated rings. The molecule has 1 aliphatic carbocycles. The number of benzene rings is 6. The van der Waals surface area contributed by atoms with Gasteiger partial charge in [0.15, 0.2) is 0 Å². The normalized spacial score (nSPS) is 16.9. The average Bonchev–Trinajstić information content (AvgIpc) is 1.64. The van der Waals surface area contributed by atoms with Crippen molar-refractivity contribution in [2.45, 2.75) is 149 Å². The number of rotatable bonds is 12. The molecule has 12 aromatic rings. The smallest absolute Gasteiger partial charge is 0.444 e. The second kappa shape index (κ2) is 41.3. The first-order valence-corrected chi connectivity index (χ1v) is 47.9. The molecule has 135 heavy (non-hydrogen) atoms. The predicted molar refractivity (Wildman–Crippen MR) is 530 cm³/mol. The molecule has 27 nitrogen and oxygen atoms in total. The van der Waals surface area contributed by atoms with Crippen LogP contribution in [0.5, 0.6) is 0 Å². The van der Waals surface area contributed by atoms with E-state index in [-0.39, 0.29) is 41.1 Å². The summed E-state index contributed by atoms with van der Waals surface area (Å²) in [6.45, 7) is 31.8. The Kier molecular flexibility index (Phi) is 29.1. The number of halogens is 1. The van der Waals surface area contributed by atoms with Gasteiger partial charge in [0.25, 0.3) is 17.7 Å². The Bertz CT molecular complexity index is 6420. The summed E-state index contributed by atoms with van der Waals surface area (Å²) in [5, 5.41) is 34.0. The van der Waals surface area contributed by atoms with Gasteiger partial charge in [0.1, 0.15) is 28.1 Å². The molecule has 7 aliphatic rings. The minimum absolute atomic E-state index is 0.00544. The van der Waals surface area contributed by atoms with Gasteiger partial charge in [-0.1, -0.05) is 89.8 Å². The first-order valence-electron chi connectivity index (χ1n) is 47.1. The molecule has 0 unspecified atom stereocenters. The maximum absolute atomic E-state index is 13.9. The fourth-order valence-electron chi connectivity index (χ4n) is 18.2. The Morgan fingerprint density at radius 1 is 0.400 bits per heavy atom. The molecule has 29 heteroatoms. The molecule has 0 atom stereocenters. The fourth-order valence-corrected chi connectivity index (χ4v) is 18.6. The van der Waals surface area contributed by atoms with Crippen molar-refractivity contribution in [2.75, 3.05) is 128 Å². The number of piperidine rings is 1. The first kappa shape index (κ1) is 95.0. The molecule has 0 radical (unpaired) electrons. The first-order chi connectivity index (χ1) is 65.0. The molecule has 12 heterocycles. The van der Waals surface area contributed by atoms with Crippen LogP contribution in [0.2, 0.25) is 0 Å². The number of carbonyl (C=O) groups excluding carboxylic acids is 5. The van der Waals surface area contributed by atoms with Crippen LogP contribution in [-0.2, 0) is 18.8 Å². The van der Waals surface area contributed by atoms with E-state index in [1.807, 2.05) is 241 Å². The van der Waals surface area contributed by atoms with Gasteiger partial charge in [-0.05, 0) is 250 Å². The molecule has 1 saturated carbocycles. The topological polar surface area (TPSA) is 292 Å². The lowest BCUT2D eigenvalue weighted by Crippen LogP contribution is -2.51. The summed E-state index contributed by atoms with van der Waals surface area (Å²) in [7, 11) is -0.416. The molecule has 6 aliphatic heterocycles. The van der Waals surface area contributed by atoms with Crippen molar-refractivity contribution in [3.63, 3.8) is 0 Å². The molecule has 6 saturated heterocycles. The van der Waals surface area contributed by atoms with Gasteiger partial charge in [-0.25, -0.2) is 24.5 Å². The number of carbonyl (C=O) groups is 5. The van der Waals surface area contributed by atoms with Gasteiger partial charge in [0, 0.05) is 163 Å². The van der Waals surface area contributed by atoms with Crippen LogP contribution in [0.25, 0.3) is 73.0 Å². The summed E-state index contributed by atoms with van der Waals surface area (Å²) in [5.41, 5.74) is 19.0. The summed E-state index contributed by atoms with van der Waals surface area (Å²) in [4.78, 5) is 92.9. The molecular weight excluding hydrogens is 1760 g/mol. The van der Waals surface area contributed by atoms with Crippen molar-refractivity contribution < 1.29 is 42.8 Å². The zero-order valence-electron chi connectivity index (χ0n) is 78.8. The standard InChI is InChI=1S/C35H38N6O3.C29H29N7O.C22H31BrN2O3.C20H20BN3O2/c1-35(2,3)44-34(43)40-19-17-39(18-20-40)33(42)29-13-11-27(21-30(29)38-15-5-4-6-16-38)28-12-14-32-37-23-31(41(32)24-28)26-9-7-25(22-36)8-10-26;30-18-21-1-3-22(4-2-21)27-19-33-28-8-6-24(20-36(27)28)23-5-7-25(29(37)35-15-11-32-12-16-35)26(17-23)34-13-9-31-10-14-34;1-22(2,3)28-21(27)25-13-11-24(12-14-25)20(26)18-10-9-17(23)15-19(18)16-7-5-4-6-8-16;1-19(2)20(3,4)26-21(25-19)16-9-10-18-23-12-17(24(18)13-16)15-7-5-14(11-22)6-8-15/h7-14,21,23-24H,4-6,15-20H2,1-3H3;1-8,17,19-20,31-32H,9-16H2;9-10,15-16H,4-8,11-14H2,1-3H3;5-10,12-13H,1-4H3. The molecular formula is C106H118BBrN18O9. The maximum Gasteiger partial charge on any atom is 0.496 e. The van der Waals surface area contributed by atoms with E-state index in [1.54, 1.807) is 9.80 Å². The van der Waals surface area contributed by atoms with Gasteiger partial charge < -0.3 is 68.1 Å². The number of ether oxygens (including phenoxy) is 2. The highest BCUT2D eigenvalue weighted by Crippen LogP contribution is 2.41. The van der Waals surface area contributed by atoms with E-state index in [1.165, 1.54) is 31.2 Å². The summed E-state index contributed by atoms with van der Waals surface area (Å²) in [6.07, 6.45) is 20.6. The number of anilines is 2. The second-order valence-corrected chi connectivity index (χ2v) is 39.4. The van der Waals surface area contributed by atoms with Crippen LogP contribution < -0.4 is 25.9 Å². The Morgan fingerprint density at radius 3 is 1.16 bits per heavy atom. The summed E-state index contributed by atoms with van der Waals surface area (Å²) in [5.74, 6) is 0.647. The van der Waals surface area contributed by atoms with E-state index >= 15 is 0 Å². The number of fused-ring (bicyclic) bond motifs is 3. The number of aromatic nitrogens is 6. The fraction of sp³-hybridized carbons (Fsp3) is 0.387. The molecule has 696 valence electrons. The van der Waals surface area contributed by atoms with E-state index in [0.29, 0.717) is 80.5 Å². The Labute approximate surface area is 798 Å². The summed E-state index contributed by atoms with van der Waals surface area (Å²) < 4.78 is 30.5. The number of amides is 5.